The average molecular weight is 290 g/mol. The van der Waals surface area contributed by atoms with Gasteiger partial charge in [0.05, 0.1) is 11.5 Å². The fourth-order valence-electron chi connectivity index (χ4n) is 2.56. The van der Waals surface area contributed by atoms with E-state index in [0.29, 0.717) is 25.1 Å². The van der Waals surface area contributed by atoms with Crippen LogP contribution in [0.25, 0.3) is 0 Å². The zero-order chi connectivity index (χ0) is 15.4. The van der Waals surface area contributed by atoms with E-state index in [1.54, 1.807) is 6.07 Å². The number of nitro groups is 1. The molecule has 0 aromatic heterocycles. The summed E-state index contributed by atoms with van der Waals surface area (Å²) in [6, 6.07) is 5.76. The van der Waals surface area contributed by atoms with Crippen molar-refractivity contribution in [1.82, 2.24) is 4.90 Å². The average Bonchev–Trinajstić information content (AvgIpc) is 2.49. The topological polar surface area (TPSA) is 80.5 Å². The molecule has 1 atom stereocenters. The Balaban J connectivity index is 2.03. The van der Waals surface area contributed by atoms with Crippen LogP contribution in [0, 0.1) is 16.0 Å². The van der Waals surface area contributed by atoms with E-state index in [-0.39, 0.29) is 29.7 Å². The standard InChI is InChI=1S/C15H18N2O4/c1-2-11-9-16(7-6-14(11)18)10-15(19)12-4-3-5-13(8-12)17(20)21/h3-5,8,11H,2,6-7,9-10H2,1H3. The maximum absolute atomic E-state index is 12.2. The third-order valence-electron chi connectivity index (χ3n) is 3.85. The summed E-state index contributed by atoms with van der Waals surface area (Å²) in [6.45, 7) is 3.34. The van der Waals surface area contributed by atoms with Gasteiger partial charge in [0.15, 0.2) is 5.78 Å². The van der Waals surface area contributed by atoms with E-state index in [0.717, 1.165) is 6.42 Å². The van der Waals surface area contributed by atoms with E-state index in [2.05, 4.69) is 0 Å². The van der Waals surface area contributed by atoms with E-state index in [1.165, 1.54) is 18.2 Å². The number of nitro benzene ring substituents is 1. The van der Waals surface area contributed by atoms with Crippen molar-refractivity contribution in [3.05, 3.63) is 39.9 Å². The van der Waals surface area contributed by atoms with Crippen molar-refractivity contribution in [3.63, 3.8) is 0 Å². The molecular formula is C15H18N2O4. The molecule has 1 saturated heterocycles. The van der Waals surface area contributed by atoms with Crippen LogP contribution in [0.3, 0.4) is 0 Å². The highest BCUT2D eigenvalue weighted by atomic mass is 16.6. The predicted molar refractivity (Wildman–Crippen MR) is 77.3 cm³/mol. The van der Waals surface area contributed by atoms with Gasteiger partial charge in [0.2, 0.25) is 0 Å². The molecule has 2 rings (SSSR count). The Kier molecular flexibility index (Phi) is 4.80. The van der Waals surface area contributed by atoms with Gasteiger partial charge in [0, 0.05) is 43.1 Å². The molecule has 1 aromatic rings. The molecule has 0 aliphatic carbocycles. The molecule has 21 heavy (non-hydrogen) atoms. The predicted octanol–water partition coefficient (Wildman–Crippen LogP) is 2.08. The molecule has 0 N–H and O–H groups in total. The minimum absolute atomic E-state index is 0.00309. The number of rotatable bonds is 5. The van der Waals surface area contributed by atoms with Gasteiger partial charge in [0.1, 0.15) is 5.78 Å². The second kappa shape index (κ2) is 6.58. The van der Waals surface area contributed by atoms with Crippen LogP contribution in [-0.2, 0) is 4.79 Å². The molecular weight excluding hydrogens is 272 g/mol. The Morgan fingerprint density at radius 1 is 1.48 bits per heavy atom. The Bertz CT molecular complexity index is 571. The molecule has 1 aliphatic heterocycles. The lowest BCUT2D eigenvalue weighted by Crippen LogP contribution is -2.42. The van der Waals surface area contributed by atoms with Crippen LogP contribution in [0.5, 0.6) is 0 Å². The first kappa shape index (κ1) is 15.3. The Morgan fingerprint density at radius 2 is 2.24 bits per heavy atom. The molecule has 0 bridgehead atoms. The second-order valence-corrected chi connectivity index (χ2v) is 5.29. The summed E-state index contributed by atoms with van der Waals surface area (Å²) in [6.07, 6.45) is 1.25. The summed E-state index contributed by atoms with van der Waals surface area (Å²) in [7, 11) is 0. The Labute approximate surface area is 122 Å². The van der Waals surface area contributed by atoms with Crippen molar-refractivity contribution >= 4 is 17.3 Å². The van der Waals surface area contributed by atoms with E-state index in [1.807, 2.05) is 11.8 Å². The van der Waals surface area contributed by atoms with Gasteiger partial charge in [0.25, 0.3) is 5.69 Å². The third kappa shape index (κ3) is 3.72. The smallest absolute Gasteiger partial charge is 0.270 e. The minimum Gasteiger partial charge on any atom is -0.299 e. The van der Waals surface area contributed by atoms with Crippen LogP contribution < -0.4 is 0 Å². The highest BCUT2D eigenvalue weighted by Gasteiger charge is 2.27. The summed E-state index contributed by atoms with van der Waals surface area (Å²) in [5, 5.41) is 10.7. The maximum Gasteiger partial charge on any atom is 0.270 e. The molecule has 0 saturated carbocycles. The first-order valence-electron chi connectivity index (χ1n) is 7.04. The van der Waals surface area contributed by atoms with Gasteiger partial charge in [-0.05, 0) is 6.42 Å². The minimum atomic E-state index is -0.510. The van der Waals surface area contributed by atoms with Crippen LogP contribution in [-0.4, -0.2) is 41.0 Å². The third-order valence-corrected chi connectivity index (χ3v) is 3.85. The second-order valence-electron chi connectivity index (χ2n) is 5.29. The van der Waals surface area contributed by atoms with Crippen molar-refractivity contribution in [2.45, 2.75) is 19.8 Å². The SMILES string of the molecule is CCC1CN(CC(=O)c2cccc([N+](=O)[O-])c2)CCC1=O. The molecule has 6 heteroatoms. The first-order valence-corrected chi connectivity index (χ1v) is 7.04. The number of ketones is 2. The molecule has 6 nitrogen and oxygen atoms in total. The van der Waals surface area contributed by atoms with E-state index < -0.39 is 4.92 Å². The highest BCUT2D eigenvalue weighted by molar-refractivity contribution is 5.98. The van der Waals surface area contributed by atoms with Crippen molar-refractivity contribution in [3.8, 4) is 0 Å². The molecule has 0 radical (unpaired) electrons. The van der Waals surface area contributed by atoms with Crippen molar-refractivity contribution in [1.29, 1.82) is 0 Å². The number of hydrogen-bond acceptors (Lipinski definition) is 5. The molecule has 0 spiro atoms. The van der Waals surface area contributed by atoms with Crippen molar-refractivity contribution < 1.29 is 14.5 Å². The normalized spacial score (nSPS) is 19.5. The highest BCUT2D eigenvalue weighted by Crippen LogP contribution is 2.18. The Hall–Kier alpha value is -2.08. The summed E-state index contributed by atoms with van der Waals surface area (Å²) < 4.78 is 0. The number of piperidine rings is 1. The van der Waals surface area contributed by atoms with Gasteiger partial charge in [-0.25, -0.2) is 0 Å². The zero-order valence-electron chi connectivity index (χ0n) is 11.9. The summed E-state index contributed by atoms with van der Waals surface area (Å²) >= 11 is 0. The van der Waals surface area contributed by atoms with Gasteiger partial charge >= 0.3 is 0 Å². The Morgan fingerprint density at radius 3 is 2.90 bits per heavy atom. The molecule has 1 fully saturated rings. The number of non-ortho nitro benzene ring substituents is 1. The maximum atomic E-state index is 12.2. The number of hydrogen-bond donors (Lipinski definition) is 0. The quantitative estimate of drug-likeness (QED) is 0.471. The fraction of sp³-hybridized carbons (Fsp3) is 0.467. The summed E-state index contributed by atoms with van der Waals surface area (Å²) in [5.74, 6) is 0.108. The number of nitrogens with zero attached hydrogens (tertiary/aromatic N) is 2. The van der Waals surface area contributed by atoms with Crippen molar-refractivity contribution in [2.75, 3.05) is 19.6 Å². The molecule has 1 aromatic carbocycles. The lowest BCUT2D eigenvalue weighted by Gasteiger charge is -2.30. The van der Waals surface area contributed by atoms with Gasteiger partial charge < -0.3 is 0 Å². The number of benzene rings is 1. The van der Waals surface area contributed by atoms with Crippen LogP contribution >= 0.6 is 0 Å². The largest absolute Gasteiger partial charge is 0.299 e. The van der Waals surface area contributed by atoms with Crippen LogP contribution in [0.15, 0.2) is 24.3 Å². The van der Waals surface area contributed by atoms with Crippen LogP contribution in [0.2, 0.25) is 0 Å². The summed E-state index contributed by atoms with van der Waals surface area (Å²) in [4.78, 5) is 36.0. The summed E-state index contributed by atoms with van der Waals surface area (Å²) in [5.41, 5.74) is 0.259. The van der Waals surface area contributed by atoms with Gasteiger partial charge in [-0.3, -0.25) is 24.6 Å². The molecule has 1 heterocycles. The first-order chi connectivity index (χ1) is 10.0. The van der Waals surface area contributed by atoms with Crippen molar-refractivity contribution in [2.24, 2.45) is 5.92 Å². The van der Waals surface area contributed by atoms with Gasteiger partial charge in [-0.2, -0.15) is 0 Å². The van der Waals surface area contributed by atoms with E-state index in [4.69, 9.17) is 0 Å². The van der Waals surface area contributed by atoms with Crippen LogP contribution in [0.1, 0.15) is 30.1 Å². The number of Topliss-reactive ketones (excluding diaryl/α,β-unsaturated/α-hetero) is 2. The molecule has 0 amide bonds. The van der Waals surface area contributed by atoms with Gasteiger partial charge in [-0.15, -0.1) is 0 Å². The fourth-order valence-corrected chi connectivity index (χ4v) is 2.56. The lowest BCUT2D eigenvalue weighted by atomic mass is 9.94. The van der Waals surface area contributed by atoms with E-state index in [9.17, 15) is 19.7 Å². The van der Waals surface area contributed by atoms with Gasteiger partial charge in [-0.1, -0.05) is 19.1 Å². The lowest BCUT2D eigenvalue weighted by molar-refractivity contribution is -0.384. The van der Waals surface area contributed by atoms with Crippen LogP contribution in [0.4, 0.5) is 5.69 Å². The monoisotopic (exact) mass is 290 g/mol. The number of carbonyl (C=O) groups is 2. The zero-order valence-corrected chi connectivity index (χ0v) is 11.9. The molecule has 112 valence electrons. The van der Waals surface area contributed by atoms with E-state index >= 15 is 0 Å². The number of carbonyl (C=O) groups excluding carboxylic acids is 2. The number of likely N-dealkylation sites (tertiary alicyclic amines) is 1. The molecule has 1 unspecified atom stereocenters. The molecule has 1 aliphatic rings.